The number of likely N-dealkylation sites (tertiary alicyclic amines) is 1. The molecule has 1 N–H and O–H groups in total. The number of alkyl halides is 3. The van der Waals surface area contributed by atoms with E-state index in [-0.39, 0.29) is 29.9 Å². The molecule has 3 aromatic carbocycles. The molecule has 7 nitrogen and oxygen atoms in total. The zero-order valence-electron chi connectivity index (χ0n) is 23.4. The highest BCUT2D eigenvalue weighted by molar-refractivity contribution is 6.10. The second kappa shape index (κ2) is 10.7. The third-order valence-corrected chi connectivity index (χ3v) is 8.58. The summed E-state index contributed by atoms with van der Waals surface area (Å²) in [5.41, 5.74) is 2.96. The maximum absolute atomic E-state index is 14.1. The summed E-state index contributed by atoms with van der Waals surface area (Å²) in [5.74, 6) is -4.78. The predicted octanol–water partition coefficient (Wildman–Crippen LogP) is 5.49. The molecular formula is C33H29F3N2O5. The first-order valence-electron chi connectivity index (χ1n) is 14.2. The monoisotopic (exact) mass is 590 g/mol. The number of carbonyl (C=O) groups excluding carboxylic acids is 4. The third-order valence-electron chi connectivity index (χ3n) is 8.58. The van der Waals surface area contributed by atoms with Crippen molar-refractivity contribution >= 4 is 29.4 Å². The number of carbonyl (C=O) groups is 4. The molecular weight excluding hydrogens is 561 g/mol. The van der Waals surface area contributed by atoms with Gasteiger partial charge in [-0.15, -0.1) is 0 Å². The molecule has 0 saturated carbocycles. The zero-order valence-corrected chi connectivity index (χ0v) is 23.4. The molecule has 0 aromatic heterocycles. The van der Waals surface area contributed by atoms with Crippen LogP contribution in [0.25, 0.3) is 0 Å². The lowest BCUT2D eigenvalue weighted by molar-refractivity contribution is -0.160. The van der Waals surface area contributed by atoms with Gasteiger partial charge in [0.05, 0.1) is 17.4 Å². The minimum absolute atomic E-state index is 0.106. The highest BCUT2D eigenvalue weighted by Crippen LogP contribution is 2.61. The Morgan fingerprint density at radius 1 is 0.837 bits per heavy atom. The number of imide groups is 1. The van der Waals surface area contributed by atoms with Gasteiger partial charge in [-0.2, -0.15) is 13.2 Å². The van der Waals surface area contributed by atoms with Crippen molar-refractivity contribution in [3.8, 4) is 0 Å². The molecule has 4 aliphatic rings. The fourth-order valence-corrected chi connectivity index (χ4v) is 6.96. The highest BCUT2D eigenvalue weighted by atomic mass is 19.4. The van der Waals surface area contributed by atoms with Crippen LogP contribution in [0.1, 0.15) is 59.9 Å². The van der Waals surface area contributed by atoms with Gasteiger partial charge in [-0.05, 0) is 52.8 Å². The number of halogens is 3. The lowest BCUT2D eigenvalue weighted by Crippen LogP contribution is -2.47. The minimum atomic E-state index is -4.59. The van der Waals surface area contributed by atoms with Crippen molar-refractivity contribution in [3.63, 3.8) is 0 Å². The van der Waals surface area contributed by atoms with E-state index in [1.54, 1.807) is 0 Å². The number of hydrogen-bond donors (Lipinski definition) is 1. The third kappa shape index (κ3) is 4.88. The Kier molecular flexibility index (Phi) is 7.10. The van der Waals surface area contributed by atoms with Crippen LogP contribution >= 0.6 is 0 Å². The predicted molar refractivity (Wildman–Crippen MR) is 150 cm³/mol. The number of hydrogen-bond acceptors (Lipinski definition) is 5. The number of rotatable bonds is 7. The van der Waals surface area contributed by atoms with E-state index in [0.717, 1.165) is 45.4 Å². The summed E-state index contributed by atoms with van der Waals surface area (Å²) in [6.45, 7) is 2.89. The lowest BCUT2D eigenvalue weighted by Gasteiger charge is -2.45. The fourth-order valence-electron chi connectivity index (χ4n) is 6.96. The van der Waals surface area contributed by atoms with Crippen molar-refractivity contribution in [3.05, 3.63) is 101 Å². The van der Waals surface area contributed by atoms with Gasteiger partial charge in [0, 0.05) is 17.5 Å². The Labute approximate surface area is 246 Å². The molecule has 3 atom stereocenters. The van der Waals surface area contributed by atoms with E-state index in [9.17, 15) is 32.3 Å². The van der Waals surface area contributed by atoms with Crippen molar-refractivity contribution in [2.75, 3.05) is 11.9 Å². The van der Waals surface area contributed by atoms with Crippen LogP contribution in [-0.2, 0) is 30.1 Å². The topological polar surface area (TPSA) is 92.8 Å². The summed E-state index contributed by atoms with van der Waals surface area (Å²) in [6.07, 6.45) is -4.47. The Hall–Kier alpha value is -4.47. The van der Waals surface area contributed by atoms with E-state index in [2.05, 4.69) is 5.32 Å². The average molecular weight is 591 g/mol. The number of benzene rings is 3. The normalized spacial score (nSPS) is 22.6. The Morgan fingerprint density at radius 3 is 1.81 bits per heavy atom. The number of nitrogens with one attached hydrogen (secondary N) is 1. The van der Waals surface area contributed by atoms with Crippen LogP contribution in [0.5, 0.6) is 0 Å². The van der Waals surface area contributed by atoms with Gasteiger partial charge >= 0.3 is 12.1 Å². The summed E-state index contributed by atoms with van der Waals surface area (Å²) in [7, 11) is 0. The molecule has 3 amide bonds. The molecule has 43 heavy (non-hydrogen) atoms. The second-order valence-electron chi connectivity index (χ2n) is 11.7. The molecule has 0 spiro atoms. The first-order chi connectivity index (χ1) is 20.5. The summed E-state index contributed by atoms with van der Waals surface area (Å²) < 4.78 is 44.4. The summed E-state index contributed by atoms with van der Waals surface area (Å²) in [4.78, 5) is 55.2. The quantitative estimate of drug-likeness (QED) is 0.290. The fraction of sp³-hybridized carbons (Fsp3) is 0.333. The first kappa shape index (κ1) is 28.6. The Bertz CT molecular complexity index is 1520. The minimum Gasteiger partial charge on any atom is -0.454 e. The molecule has 1 aliphatic heterocycles. The Balaban J connectivity index is 1.24. The molecule has 1 heterocycles. The molecule has 1 saturated heterocycles. The number of nitrogens with zero attached hydrogens (tertiary/aromatic N) is 1. The molecule has 7 rings (SSSR count). The molecule has 0 unspecified atom stereocenters. The number of esters is 1. The van der Waals surface area contributed by atoms with Crippen LogP contribution in [0.15, 0.2) is 72.8 Å². The van der Waals surface area contributed by atoms with Gasteiger partial charge < -0.3 is 10.1 Å². The van der Waals surface area contributed by atoms with Gasteiger partial charge in [0.2, 0.25) is 11.8 Å². The largest absolute Gasteiger partial charge is 0.454 e. The van der Waals surface area contributed by atoms with E-state index in [1.165, 1.54) is 6.07 Å². The number of amides is 3. The first-order valence-corrected chi connectivity index (χ1v) is 14.2. The molecule has 1 fully saturated rings. The summed E-state index contributed by atoms with van der Waals surface area (Å²) in [6, 6.07) is 18.4. The van der Waals surface area contributed by atoms with E-state index in [4.69, 9.17) is 4.74 Å². The van der Waals surface area contributed by atoms with Crippen LogP contribution < -0.4 is 5.32 Å². The smallest absolute Gasteiger partial charge is 0.416 e. The van der Waals surface area contributed by atoms with Gasteiger partial charge in [-0.1, -0.05) is 68.4 Å². The van der Waals surface area contributed by atoms with Gasteiger partial charge in [-0.25, -0.2) is 4.79 Å². The molecule has 10 heteroatoms. The maximum Gasteiger partial charge on any atom is 0.416 e. The molecule has 222 valence electrons. The van der Waals surface area contributed by atoms with Crippen molar-refractivity contribution in [2.45, 2.75) is 44.3 Å². The maximum atomic E-state index is 14.1. The molecule has 3 aliphatic carbocycles. The van der Waals surface area contributed by atoms with E-state index in [1.807, 2.05) is 62.4 Å². The van der Waals surface area contributed by atoms with Crippen LogP contribution in [-0.4, -0.2) is 41.2 Å². The Morgan fingerprint density at radius 2 is 1.35 bits per heavy atom. The van der Waals surface area contributed by atoms with Crippen LogP contribution in [0.3, 0.4) is 0 Å². The van der Waals surface area contributed by atoms with Crippen LogP contribution in [0.2, 0.25) is 0 Å². The number of anilines is 1. The van der Waals surface area contributed by atoms with Crippen LogP contribution in [0.4, 0.5) is 18.9 Å². The summed E-state index contributed by atoms with van der Waals surface area (Å²) >= 11 is 0. The zero-order chi connectivity index (χ0) is 30.6. The SMILES string of the molecule is CC(C)C[C@H](C(=O)OCC(=O)Nc1cccc(C(F)(F)F)c1)N1C(=O)[C@@H]2C3c4ccccc4C(c4ccccc43)[C@H]2C1=O. The van der Waals surface area contributed by atoms with Gasteiger partial charge in [0.15, 0.2) is 6.61 Å². The van der Waals surface area contributed by atoms with E-state index < -0.39 is 59.9 Å². The van der Waals surface area contributed by atoms with Gasteiger partial charge in [0.1, 0.15) is 6.04 Å². The molecule has 2 bridgehead atoms. The van der Waals surface area contributed by atoms with E-state index in [0.29, 0.717) is 0 Å². The van der Waals surface area contributed by atoms with Crippen molar-refractivity contribution in [1.29, 1.82) is 0 Å². The standard InChI is InChI=1S/C33H29F3N2O5/c1-17(2)14-24(32(42)43-16-25(39)37-19-9-7-8-18(15-19)33(34,35)36)38-30(40)28-26-20-10-3-4-11-21(20)27(29(28)31(38)41)23-13-6-5-12-22(23)26/h3-13,15,17,24,26-29H,14,16H2,1-2H3,(H,37,39)/t24-,26?,27?,28-,29-/m1/s1. The van der Waals surface area contributed by atoms with Gasteiger partial charge in [0.25, 0.3) is 5.91 Å². The molecule has 0 radical (unpaired) electrons. The van der Waals surface area contributed by atoms with Crippen molar-refractivity contribution in [1.82, 2.24) is 4.90 Å². The molecule has 3 aromatic rings. The summed E-state index contributed by atoms with van der Waals surface area (Å²) in [5, 5.41) is 2.29. The average Bonchev–Trinajstić information content (AvgIpc) is 3.24. The highest BCUT2D eigenvalue weighted by Gasteiger charge is 2.63. The van der Waals surface area contributed by atoms with Crippen molar-refractivity contribution in [2.24, 2.45) is 17.8 Å². The number of ether oxygens (including phenoxy) is 1. The van der Waals surface area contributed by atoms with E-state index >= 15 is 0 Å². The second-order valence-corrected chi connectivity index (χ2v) is 11.7. The van der Waals surface area contributed by atoms with Gasteiger partial charge in [-0.3, -0.25) is 19.3 Å². The van der Waals surface area contributed by atoms with Crippen LogP contribution in [0, 0.1) is 17.8 Å². The lowest BCUT2D eigenvalue weighted by atomic mass is 9.55. The van der Waals surface area contributed by atoms with Crippen molar-refractivity contribution < 1.29 is 37.1 Å².